The van der Waals surface area contributed by atoms with Crippen molar-refractivity contribution in [2.75, 3.05) is 0 Å². The van der Waals surface area contributed by atoms with Gasteiger partial charge in [0.15, 0.2) is 5.01 Å². The summed E-state index contributed by atoms with van der Waals surface area (Å²) in [7, 11) is 0. The normalized spacial score (nSPS) is 14.2. The Kier molecular flexibility index (Phi) is 5.92. The first-order valence-corrected chi connectivity index (χ1v) is 13.5. The molecule has 0 amide bonds. The molecule has 1 fully saturated rings. The molecule has 0 atom stereocenters. The molecule has 36 heavy (non-hydrogen) atoms. The van der Waals surface area contributed by atoms with Gasteiger partial charge in [-0.25, -0.2) is 4.68 Å². The zero-order valence-electron chi connectivity index (χ0n) is 19.6. The molecule has 1 saturated carbocycles. The van der Waals surface area contributed by atoms with Gasteiger partial charge in [-0.2, -0.15) is 5.10 Å². The van der Waals surface area contributed by atoms with Crippen LogP contribution in [-0.4, -0.2) is 20.0 Å². The smallest absolute Gasteiger partial charge is 0.168 e. The van der Waals surface area contributed by atoms with Crippen LogP contribution in [0.4, 0.5) is 0 Å². The van der Waals surface area contributed by atoms with Crippen molar-refractivity contribution in [2.24, 2.45) is 0 Å². The van der Waals surface area contributed by atoms with Crippen LogP contribution in [0, 0.1) is 13.8 Å². The van der Waals surface area contributed by atoms with Gasteiger partial charge in [0.2, 0.25) is 0 Å². The van der Waals surface area contributed by atoms with Crippen molar-refractivity contribution in [3.63, 3.8) is 0 Å². The molecule has 0 bridgehead atoms. The average Bonchev–Trinajstić information content (AvgIpc) is 3.39. The molecule has 8 heteroatoms. The van der Waals surface area contributed by atoms with Gasteiger partial charge in [0.1, 0.15) is 10.7 Å². The minimum absolute atomic E-state index is 0.0431. The largest absolute Gasteiger partial charge is 0.231 e. The first kappa shape index (κ1) is 23.7. The fourth-order valence-corrected chi connectivity index (χ4v) is 6.38. The highest BCUT2D eigenvalue weighted by Gasteiger charge is 2.49. The monoisotopic (exact) mass is 550 g/mol. The van der Waals surface area contributed by atoms with Crippen molar-refractivity contribution in [3.05, 3.63) is 103 Å². The second-order valence-electron chi connectivity index (χ2n) is 9.20. The third kappa shape index (κ3) is 4.04. The van der Waals surface area contributed by atoms with Crippen LogP contribution in [0.25, 0.3) is 27.6 Å². The third-order valence-electron chi connectivity index (χ3n) is 6.77. The number of halogens is 3. The van der Waals surface area contributed by atoms with E-state index in [1.165, 1.54) is 11.1 Å². The number of hydrogen-bond donors (Lipinski definition) is 0. The summed E-state index contributed by atoms with van der Waals surface area (Å²) in [5.41, 5.74) is 6.92. The molecule has 4 nitrogen and oxygen atoms in total. The Bertz CT molecular complexity index is 1580. The predicted octanol–water partition coefficient (Wildman–Crippen LogP) is 8.71. The van der Waals surface area contributed by atoms with Crippen molar-refractivity contribution in [1.82, 2.24) is 20.0 Å². The molecule has 0 unspecified atom stereocenters. The van der Waals surface area contributed by atoms with Gasteiger partial charge in [0.25, 0.3) is 0 Å². The molecule has 0 radical (unpaired) electrons. The maximum Gasteiger partial charge on any atom is 0.168 e. The number of benzene rings is 3. The minimum Gasteiger partial charge on any atom is -0.231 e. The molecule has 1 aliphatic rings. The Morgan fingerprint density at radius 2 is 1.53 bits per heavy atom. The van der Waals surface area contributed by atoms with Crippen LogP contribution < -0.4 is 0 Å². The van der Waals surface area contributed by atoms with E-state index in [0.717, 1.165) is 51.1 Å². The number of rotatable bonds is 5. The molecule has 0 spiro atoms. The summed E-state index contributed by atoms with van der Waals surface area (Å²) in [6, 6.07) is 21.9. The van der Waals surface area contributed by atoms with E-state index in [1.54, 1.807) is 17.4 Å². The van der Waals surface area contributed by atoms with Crippen molar-refractivity contribution >= 4 is 46.1 Å². The van der Waals surface area contributed by atoms with Crippen LogP contribution in [0.1, 0.15) is 34.5 Å². The van der Waals surface area contributed by atoms with Crippen molar-refractivity contribution in [1.29, 1.82) is 0 Å². The van der Waals surface area contributed by atoms with E-state index in [9.17, 15) is 0 Å². The van der Waals surface area contributed by atoms with Crippen LogP contribution in [0.3, 0.4) is 0 Å². The van der Waals surface area contributed by atoms with Crippen LogP contribution >= 0.6 is 46.1 Å². The highest BCUT2D eigenvalue weighted by atomic mass is 35.5. The lowest BCUT2D eigenvalue weighted by atomic mass is 9.96. The molecular weight excluding hydrogens is 531 g/mol. The molecule has 0 aliphatic heterocycles. The molecule has 0 saturated heterocycles. The zero-order valence-corrected chi connectivity index (χ0v) is 22.7. The molecule has 0 N–H and O–H groups in total. The fourth-order valence-electron chi connectivity index (χ4n) is 4.61. The van der Waals surface area contributed by atoms with Crippen molar-refractivity contribution < 1.29 is 0 Å². The number of aromatic nitrogens is 4. The van der Waals surface area contributed by atoms with Gasteiger partial charge in [-0.05, 0) is 62.6 Å². The molecule has 1 aliphatic carbocycles. The van der Waals surface area contributed by atoms with Crippen LogP contribution in [-0.2, 0) is 5.41 Å². The summed E-state index contributed by atoms with van der Waals surface area (Å²) < 4.78 is 1.86. The molecule has 180 valence electrons. The van der Waals surface area contributed by atoms with Gasteiger partial charge in [0.05, 0.1) is 16.4 Å². The average molecular weight is 552 g/mol. The Morgan fingerprint density at radius 3 is 2.19 bits per heavy atom. The predicted molar refractivity (Wildman–Crippen MR) is 149 cm³/mol. The van der Waals surface area contributed by atoms with Gasteiger partial charge in [-0.3, -0.25) is 0 Å². The standard InChI is InChI=1S/C28H21Cl3N4S/c1-16-3-7-19(8-4-16)28(13-14-28)27-33-32-26(36-27)24-17(2)25(18-5-9-20(29)10-6-18)35(34-24)23-12-11-21(30)15-22(23)31/h3-12,15H,13-14H2,1-2H3. The Morgan fingerprint density at radius 1 is 0.833 bits per heavy atom. The van der Waals surface area contributed by atoms with E-state index >= 15 is 0 Å². The van der Waals surface area contributed by atoms with Gasteiger partial charge >= 0.3 is 0 Å². The molecule has 3 aromatic carbocycles. The Balaban J connectivity index is 1.48. The van der Waals surface area contributed by atoms with E-state index in [-0.39, 0.29) is 5.41 Å². The molecule has 6 rings (SSSR count). The quantitative estimate of drug-likeness (QED) is 0.219. The lowest BCUT2D eigenvalue weighted by molar-refractivity contribution is 0.806. The van der Waals surface area contributed by atoms with Crippen molar-refractivity contribution in [2.45, 2.75) is 32.1 Å². The second kappa shape index (κ2) is 9.00. The second-order valence-corrected chi connectivity index (χ2v) is 11.5. The van der Waals surface area contributed by atoms with Gasteiger partial charge in [-0.15, -0.1) is 10.2 Å². The zero-order chi connectivity index (χ0) is 25.0. The van der Waals surface area contributed by atoms with Crippen molar-refractivity contribution in [3.8, 4) is 27.6 Å². The first-order chi connectivity index (χ1) is 17.4. The molecule has 5 aromatic rings. The highest BCUT2D eigenvalue weighted by Crippen LogP contribution is 2.55. The summed E-state index contributed by atoms with van der Waals surface area (Å²) in [4.78, 5) is 0. The Hall–Kier alpha value is -2.70. The van der Waals surface area contributed by atoms with Gasteiger partial charge in [0, 0.05) is 26.6 Å². The topological polar surface area (TPSA) is 43.6 Å². The summed E-state index contributed by atoms with van der Waals surface area (Å²) in [5.74, 6) is 0. The van der Waals surface area contributed by atoms with Crippen LogP contribution in [0.2, 0.25) is 15.1 Å². The summed E-state index contributed by atoms with van der Waals surface area (Å²) in [5, 5.41) is 17.8. The number of nitrogens with zero attached hydrogens (tertiary/aromatic N) is 4. The van der Waals surface area contributed by atoms with E-state index in [0.29, 0.717) is 15.1 Å². The SMILES string of the molecule is Cc1ccc(C2(c3nnc(-c4nn(-c5ccc(Cl)cc5Cl)c(-c5ccc(Cl)cc5)c4C)s3)CC2)cc1. The minimum atomic E-state index is -0.0431. The third-order valence-corrected chi connectivity index (χ3v) is 8.69. The molecule has 2 aromatic heterocycles. The van der Waals surface area contributed by atoms with Gasteiger partial charge < -0.3 is 0 Å². The van der Waals surface area contributed by atoms with Gasteiger partial charge in [-0.1, -0.05) is 88.1 Å². The molecule has 2 heterocycles. The Labute approximate surface area is 228 Å². The maximum absolute atomic E-state index is 6.62. The lowest BCUT2D eigenvalue weighted by Crippen LogP contribution is -2.08. The van der Waals surface area contributed by atoms with E-state index in [2.05, 4.69) is 48.3 Å². The lowest BCUT2D eigenvalue weighted by Gasteiger charge is -2.11. The fraction of sp³-hybridized carbons (Fsp3) is 0.179. The van der Waals surface area contributed by atoms with E-state index in [1.807, 2.05) is 41.1 Å². The van der Waals surface area contributed by atoms with Crippen LogP contribution in [0.5, 0.6) is 0 Å². The first-order valence-electron chi connectivity index (χ1n) is 11.6. The van der Waals surface area contributed by atoms with E-state index in [4.69, 9.17) is 39.9 Å². The maximum atomic E-state index is 6.62. The van der Waals surface area contributed by atoms with E-state index < -0.39 is 0 Å². The summed E-state index contributed by atoms with van der Waals surface area (Å²) in [6.07, 6.45) is 2.16. The highest BCUT2D eigenvalue weighted by molar-refractivity contribution is 7.14. The molecular formula is C28H21Cl3N4S. The number of hydrogen-bond acceptors (Lipinski definition) is 4. The van der Waals surface area contributed by atoms with Crippen LogP contribution in [0.15, 0.2) is 66.7 Å². The summed E-state index contributed by atoms with van der Waals surface area (Å²) >= 11 is 20.6. The summed E-state index contributed by atoms with van der Waals surface area (Å²) in [6.45, 7) is 4.16. The number of aryl methyl sites for hydroxylation is 1.